The van der Waals surface area contributed by atoms with Crippen LogP contribution in [-0.4, -0.2) is 37.0 Å². The summed E-state index contributed by atoms with van der Waals surface area (Å²) in [6, 6.07) is 19.2. The van der Waals surface area contributed by atoms with Crippen LogP contribution in [0.5, 0.6) is 5.75 Å². The van der Waals surface area contributed by atoms with Gasteiger partial charge in [-0.25, -0.2) is 4.98 Å². The van der Waals surface area contributed by atoms with Gasteiger partial charge in [0.1, 0.15) is 22.9 Å². The van der Waals surface area contributed by atoms with E-state index in [0.29, 0.717) is 45.5 Å². The van der Waals surface area contributed by atoms with E-state index in [2.05, 4.69) is 26.7 Å². The van der Waals surface area contributed by atoms with Gasteiger partial charge in [0, 0.05) is 23.1 Å². The van der Waals surface area contributed by atoms with Crippen molar-refractivity contribution in [2.75, 3.05) is 12.4 Å². The first-order valence-corrected chi connectivity index (χ1v) is 10.8. The minimum absolute atomic E-state index is 0.0334. The summed E-state index contributed by atoms with van der Waals surface area (Å²) >= 11 is 0. The van der Waals surface area contributed by atoms with E-state index in [9.17, 15) is 15.4 Å². The molecule has 0 bridgehead atoms. The highest BCUT2D eigenvalue weighted by Crippen LogP contribution is 2.30. The number of aromatic nitrogens is 5. The van der Waals surface area contributed by atoms with Crippen molar-refractivity contribution in [3.63, 3.8) is 0 Å². The molecule has 0 saturated heterocycles. The zero-order valence-corrected chi connectivity index (χ0v) is 19.2. The number of non-ortho nitro benzene ring substituents is 1. The molecule has 11 heteroatoms. The maximum absolute atomic E-state index is 11.1. The summed E-state index contributed by atoms with van der Waals surface area (Å²) in [5, 5.41) is 37.5. The number of nitrogens with zero attached hydrogens (tertiary/aromatic N) is 7. The Balaban J connectivity index is 1.51. The van der Waals surface area contributed by atoms with Gasteiger partial charge < -0.3 is 10.1 Å². The molecule has 0 radical (unpaired) electrons. The van der Waals surface area contributed by atoms with Crippen LogP contribution in [0.1, 0.15) is 11.1 Å². The number of nitro benzene ring substituents is 1. The first kappa shape index (κ1) is 22.4. The number of aryl methyl sites for hydroxylation is 1. The summed E-state index contributed by atoms with van der Waals surface area (Å²) in [5.74, 6) is 1.85. The molecule has 0 aliphatic rings. The maximum atomic E-state index is 11.1. The molecule has 3 heterocycles. The van der Waals surface area contributed by atoms with Crippen molar-refractivity contribution in [2.24, 2.45) is 0 Å². The van der Waals surface area contributed by atoms with Crippen LogP contribution in [0.4, 0.5) is 17.3 Å². The lowest BCUT2D eigenvalue weighted by Crippen LogP contribution is -2.07. The van der Waals surface area contributed by atoms with Crippen molar-refractivity contribution in [2.45, 2.75) is 6.92 Å². The summed E-state index contributed by atoms with van der Waals surface area (Å²) in [4.78, 5) is 15.3. The van der Waals surface area contributed by atoms with Crippen LogP contribution >= 0.6 is 0 Å². The standard InChI is InChI=1S/C25H18N8O3/c1-15-11-23(29-24-19(15)7-4-8-21(24)36-2)32-25(17(13-26)14-27-32)28-22-10-9-20(30-31-22)16-5-3-6-18(12-16)33(34)35/h3-12,14H,1-2H3,(H,28,31). The van der Waals surface area contributed by atoms with Gasteiger partial charge in [0.05, 0.1) is 23.9 Å². The summed E-state index contributed by atoms with van der Waals surface area (Å²) in [6.07, 6.45) is 1.44. The van der Waals surface area contributed by atoms with Crippen molar-refractivity contribution in [1.29, 1.82) is 5.26 Å². The molecule has 5 aromatic rings. The van der Waals surface area contributed by atoms with Crippen LogP contribution in [0.25, 0.3) is 28.0 Å². The van der Waals surface area contributed by atoms with Gasteiger partial charge in [0.15, 0.2) is 17.5 Å². The largest absolute Gasteiger partial charge is 0.494 e. The number of nitrogens with one attached hydrogen (secondary N) is 1. The lowest BCUT2D eigenvalue weighted by atomic mass is 10.1. The molecule has 0 spiro atoms. The summed E-state index contributed by atoms with van der Waals surface area (Å²) < 4.78 is 7.00. The highest BCUT2D eigenvalue weighted by atomic mass is 16.6. The normalized spacial score (nSPS) is 10.7. The highest BCUT2D eigenvalue weighted by molar-refractivity contribution is 5.88. The van der Waals surface area contributed by atoms with E-state index in [1.165, 1.54) is 23.0 Å². The number of benzene rings is 2. The predicted molar refractivity (Wildman–Crippen MR) is 132 cm³/mol. The minimum Gasteiger partial charge on any atom is -0.494 e. The van der Waals surface area contributed by atoms with Gasteiger partial charge in [-0.2, -0.15) is 15.0 Å². The second-order valence-electron chi connectivity index (χ2n) is 7.82. The average molecular weight is 478 g/mol. The molecule has 36 heavy (non-hydrogen) atoms. The average Bonchev–Trinajstić information content (AvgIpc) is 3.31. The Kier molecular flexibility index (Phi) is 5.68. The molecule has 176 valence electrons. The Morgan fingerprint density at radius 2 is 1.94 bits per heavy atom. The highest BCUT2D eigenvalue weighted by Gasteiger charge is 2.17. The van der Waals surface area contributed by atoms with Crippen LogP contribution in [0, 0.1) is 28.4 Å². The Hall–Kier alpha value is -5.37. The van der Waals surface area contributed by atoms with Crippen molar-refractivity contribution in [1.82, 2.24) is 25.0 Å². The quantitative estimate of drug-likeness (QED) is 0.271. The van der Waals surface area contributed by atoms with Crippen LogP contribution in [0.15, 0.2) is 66.9 Å². The van der Waals surface area contributed by atoms with Crippen molar-refractivity contribution < 1.29 is 9.66 Å². The van der Waals surface area contributed by atoms with Crippen molar-refractivity contribution >= 4 is 28.2 Å². The van der Waals surface area contributed by atoms with Gasteiger partial charge in [-0.15, -0.1) is 10.2 Å². The Morgan fingerprint density at radius 3 is 2.67 bits per heavy atom. The number of rotatable bonds is 6. The van der Waals surface area contributed by atoms with Crippen LogP contribution in [0.3, 0.4) is 0 Å². The fraction of sp³-hybridized carbons (Fsp3) is 0.0800. The Bertz CT molecular complexity index is 1660. The monoisotopic (exact) mass is 478 g/mol. The van der Waals surface area contributed by atoms with E-state index in [1.54, 1.807) is 31.4 Å². The lowest BCUT2D eigenvalue weighted by molar-refractivity contribution is -0.384. The molecule has 0 saturated carbocycles. The number of hydrogen-bond acceptors (Lipinski definition) is 9. The number of nitriles is 1. The third-order valence-electron chi connectivity index (χ3n) is 5.59. The molecule has 1 N–H and O–H groups in total. The van der Waals surface area contributed by atoms with Gasteiger partial charge in [0.2, 0.25) is 0 Å². The number of anilines is 2. The van der Waals surface area contributed by atoms with Gasteiger partial charge in [-0.3, -0.25) is 10.1 Å². The SMILES string of the molecule is COc1cccc2c(C)cc(-n3ncc(C#N)c3Nc3ccc(-c4cccc([N+](=O)[O-])c4)nn3)nc12. The van der Waals surface area contributed by atoms with E-state index >= 15 is 0 Å². The van der Waals surface area contributed by atoms with Crippen LogP contribution in [0.2, 0.25) is 0 Å². The van der Waals surface area contributed by atoms with E-state index in [4.69, 9.17) is 9.72 Å². The third-order valence-corrected chi connectivity index (χ3v) is 5.59. The molecule has 2 aromatic carbocycles. The molecule has 5 rings (SSSR count). The smallest absolute Gasteiger partial charge is 0.270 e. The summed E-state index contributed by atoms with van der Waals surface area (Å²) in [6.45, 7) is 1.97. The fourth-order valence-electron chi connectivity index (χ4n) is 3.82. The topological polar surface area (TPSA) is 145 Å². The van der Waals surface area contributed by atoms with Gasteiger partial charge in [-0.1, -0.05) is 24.3 Å². The van der Waals surface area contributed by atoms with E-state index in [0.717, 1.165) is 10.9 Å². The van der Waals surface area contributed by atoms with Crippen molar-refractivity contribution in [3.8, 4) is 28.9 Å². The predicted octanol–water partition coefficient (Wildman–Crippen LogP) is 4.72. The first-order valence-electron chi connectivity index (χ1n) is 10.8. The van der Waals surface area contributed by atoms with Gasteiger partial charge in [-0.05, 0) is 36.8 Å². The number of fused-ring (bicyclic) bond motifs is 1. The van der Waals surface area contributed by atoms with Crippen LogP contribution < -0.4 is 10.1 Å². The molecule has 0 unspecified atom stereocenters. The van der Waals surface area contributed by atoms with E-state index in [-0.39, 0.29) is 5.69 Å². The summed E-state index contributed by atoms with van der Waals surface area (Å²) in [5.41, 5.74) is 2.94. The molecule has 0 aliphatic carbocycles. The van der Waals surface area contributed by atoms with Gasteiger partial charge >= 0.3 is 0 Å². The fourth-order valence-corrected chi connectivity index (χ4v) is 3.82. The first-order chi connectivity index (χ1) is 17.5. The zero-order chi connectivity index (χ0) is 25.2. The zero-order valence-electron chi connectivity index (χ0n) is 19.2. The summed E-state index contributed by atoms with van der Waals surface area (Å²) in [7, 11) is 1.59. The third kappa shape index (κ3) is 4.03. The number of para-hydroxylation sites is 1. The number of methoxy groups -OCH3 is 1. The lowest BCUT2D eigenvalue weighted by Gasteiger charge is -2.12. The molecule has 3 aromatic heterocycles. The van der Waals surface area contributed by atoms with Crippen molar-refractivity contribution in [3.05, 3.63) is 88.1 Å². The number of nitro groups is 1. The van der Waals surface area contributed by atoms with E-state index in [1.807, 2.05) is 31.2 Å². The second kappa shape index (κ2) is 9.11. The number of ether oxygens (including phenoxy) is 1. The Morgan fingerprint density at radius 1 is 1.11 bits per heavy atom. The molecule has 0 aliphatic heterocycles. The number of pyridine rings is 1. The molecular formula is C25H18N8O3. The molecule has 0 atom stereocenters. The molecular weight excluding hydrogens is 460 g/mol. The Labute approximate surface area is 204 Å². The maximum Gasteiger partial charge on any atom is 0.270 e. The van der Waals surface area contributed by atoms with Crippen LogP contribution in [-0.2, 0) is 0 Å². The van der Waals surface area contributed by atoms with Gasteiger partial charge in [0.25, 0.3) is 5.69 Å². The minimum atomic E-state index is -0.463. The number of hydrogen-bond donors (Lipinski definition) is 1. The van der Waals surface area contributed by atoms with E-state index < -0.39 is 4.92 Å². The molecule has 0 fully saturated rings. The molecule has 11 nitrogen and oxygen atoms in total. The second-order valence-corrected chi connectivity index (χ2v) is 7.82. The molecule has 0 amide bonds.